The highest BCUT2D eigenvalue weighted by Gasteiger charge is 2.08. The van der Waals surface area contributed by atoms with Gasteiger partial charge in [0.25, 0.3) is 0 Å². The van der Waals surface area contributed by atoms with Crippen LogP contribution in [-0.2, 0) is 6.54 Å². The summed E-state index contributed by atoms with van der Waals surface area (Å²) in [6.45, 7) is 6.79. The lowest BCUT2D eigenvalue weighted by Crippen LogP contribution is -2.03. The normalized spacial score (nSPS) is 11.4. The zero-order chi connectivity index (χ0) is 14.1. The minimum absolute atomic E-state index is 0.310. The highest BCUT2D eigenvalue weighted by Crippen LogP contribution is 2.19. The van der Waals surface area contributed by atoms with Crippen LogP contribution in [0.15, 0.2) is 35.0 Å². The molecule has 104 valence electrons. The van der Waals surface area contributed by atoms with Gasteiger partial charge in [0.2, 0.25) is 0 Å². The maximum Gasteiger partial charge on any atom is 0.158 e. The predicted molar refractivity (Wildman–Crippen MR) is 78.7 cm³/mol. The van der Waals surface area contributed by atoms with Gasteiger partial charge in [0.15, 0.2) is 5.65 Å². The van der Waals surface area contributed by atoms with Crippen LogP contribution in [0, 0.1) is 6.92 Å². The van der Waals surface area contributed by atoms with Crippen LogP contribution >= 0.6 is 0 Å². The number of aryl methyl sites for hydroxylation is 1. The van der Waals surface area contributed by atoms with E-state index in [4.69, 9.17) is 4.42 Å². The molecule has 3 rings (SSSR count). The van der Waals surface area contributed by atoms with Gasteiger partial charge in [0, 0.05) is 11.4 Å². The van der Waals surface area contributed by atoms with Crippen molar-refractivity contribution in [1.82, 2.24) is 14.8 Å². The van der Waals surface area contributed by atoms with Crippen molar-refractivity contribution >= 4 is 16.7 Å². The molecule has 0 bridgehead atoms. The summed E-state index contributed by atoms with van der Waals surface area (Å²) in [7, 11) is 0. The van der Waals surface area contributed by atoms with Crippen LogP contribution in [0.1, 0.15) is 31.4 Å². The average Bonchev–Trinajstić information content (AvgIpc) is 3.01. The average molecular weight is 270 g/mol. The second-order valence-electron chi connectivity index (χ2n) is 5.19. The number of hydrogen-bond donors (Lipinski definition) is 1. The van der Waals surface area contributed by atoms with Gasteiger partial charge in [-0.15, -0.1) is 0 Å². The maximum absolute atomic E-state index is 5.53. The third kappa shape index (κ3) is 2.39. The molecular weight excluding hydrogens is 252 g/mol. The minimum atomic E-state index is 0.310. The summed E-state index contributed by atoms with van der Waals surface area (Å²) in [4.78, 5) is 4.49. The smallest absolute Gasteiger partial charge is 0.158 e. The van der Waals surface area contributed by atoms with E-state index in [0.717, 1.165) is 28.2 Å². The SMILES string of the molecule is Cc1ccc(CNc2cnc3c(cnn3C(C)C)c2)o1. The van der Waals surface area contributed by atoms with E-state index in [1.165, 1.54) is 0 Å². The van der Waals surface area contributed by atoms with Gasteiger partial charge < -0.3 is 9.73 Å². The minimum Gasteiger partial charge on any atom is -0.465 e. The predicted octanol–water partition coefficient (Wildman–Crippen LogP) is 3.53. The summed E-state index contributed by atoms with van der Waals surface area (Å²) >= 11 is 0. The van der Waals surface area contributed by atoms with Crippen LogP contribution in [0.4, 0.5) is 5.69 Å². The first-order valence-corrected chi connectivity index (χ1v) is 6.76. The lowest BCUT2D eigenvalue weighted by molar-refractivity contribution is 0.490. The largest absolute Gasteiger partial charge is 0.465 e. The monoisotopic (exact) mass is 270 g/mol. The van der Waals surface area contributed by atoms with E-state index in [9.17, 15) is 0 Å². The number of nitrogens with one attached hydrogen (secondary N) is 1. The van der Waals surface area contributed by atoms with E-state index in [1.807, 2.05) is 36.1 Å². The van der Waals surface area contributed by atoms with Gasteiger partial charge in [-0.1, -0.05) is 0 Å². The second kappa shape index (κ2) is 5.00. The number of fused-ring (bicyclic) bond motifs is 1. The zero-order valence-electron chi connectivity index (χ0n) is 11.9. The van der Waals surface area contributed by atoms with E-state index >= 15 is 0 Å². The molecule has 0 aliphatic heterocycles. The van der Waals surface area contributed by atoms with Gasteiger partial charge in [-0.2, -0.15) is 5.10 Å². The van der Waals surface area contributed by atoms with Gasteiger partial charge in [-0.05, 0) is 39.0 Å². The topological polar surface area (TPSA) is 55.9 Å². The summed E-state index contributed by atoms with van der Waals surface area (Å²) in [5, 5.41) is 8.72. The fourth-order valence-corrected chi connectivity index (χ4v) is 2.18. The molecule has 0 aliphatic carbocycles. The number of nitrogens with zero attached hydrogens (tertiary/aromatic N) is 3. The fourth-order valence-electron chi connectivity index (χ4n) is 2.18. The van der Waals surface area contributed by atoms with Crippen LogP contribution in [0.2, 0.25) is 0 Å². The summed E-state index contributed by atoms with van der Waals surface area (Å²) in [5.41, 5.74) is 1.88. The van der Waals surface area contributed by atoms with Crippen molar-refractivity contribution in [2.75, 3.05) is 5.32 Å². The zero-order valence-corrected chi connectivity index (χ0v) is 11.9. The van der Waals surface area contributed by atoms with Gasteiger partial charge in [0.1, 0.15) is 11.5 Å². The molecule has 0 aromatic carbocycles. The van der Waals surface area contributed by atoms with E-state index in [1.54, 1.807) is 0 Å². The Labute approximate surface area is 117 Å². The standard InChI is InChI=1S/C15H18N4O/c1-10(2)19-15-12(7-18-19)6-13(8-17-15)16-9-14-5-4-11(3)20-14/h4-8,10,16H,9H2,1-3H3. The highest BCUT2D eigenvalue weighted by atomic mass is 16.3. The molecule has 3 aromatic rings. The van der Waals surface area contributed by atoms with Crippen molar-refractivity contribution in [3.8, 4) is 0 Å². The molecule has 0 radical (unpaired) electrons. The molecule has 0 fully saturated rings. The molecule has 20 heavy (non-hydrogen) atoms. The summed E-state index contributed by atoms with van der Waals surface area (Å²) in [5.74, 6) is 1.84. The van der Waals surface area contributed by atoms with Crippen molar-refractivity contribution < 1.29 is 4.42 Å². The van der Waals surface area contributed by atoms with Gasteiger partial charge in [-0.25, -0.2) is 9.67 Å². The molecule has 5 heteroatoms. The molecule has 0 saturated heterocycles. The Kier molecular flexibility index (Phi) is 3.18. The highest BCUT2D eigenvalue weighted by molar-refractivity contribution is 5.78. The van der Waals surface area contributed by atoms with E-state index in [-0.39, 0.29) is 0 Å². The number of hydrogen-bond acceptors (Lipinski definition) is 4. The Hall–Kier alpha value is -2.30. The maximum atomic E-state index is 5.53. The summed E-state index contributed by atoms with van der Waals surface area (Å²) in [6, 6.07) is 6.31. The molecule has 0 saturated carbocycles. The third-order valence-electron chi connectivity index (χ3n) is 3.19. The fraction of sp³-hybridized carbons (Fsp3) is 0.333. The molecule has 0 atom stereocenters. The Bertz CT molecular complexity index is 726. The first-order valence-electron chi connectivity index (χ1n) is 6.76. The lowest BCUT2D eigenvalue weighted by atomic mass is 10.3. The van der Waals surface area contributed by atoms with Crippen LogP contribution < -0.4 is 5.32 Å². The second-order valence-corrected chi connectivity index (χ2v) is 5.19. The van der Waals surface area contributed by atoms with Crippen molar-refractivity contribution in [2.24, 2.45) is 0 Å². The van der Waals surface area contributed by atoms with E-state index in [2.05, 4.69) is 35.3 Å². The first-order chi connectivity index (χ1) is 9.63. The molecule has 5 nitrogen and oxygen atoms in total. The van der Waals surface area contributed by atoms with Crippen molar-refractivity contribution in [3.05, 3.63) is 42.1 Å². The Morgan fingerprint density at radius 3 is 2.85 bits per heavy atom. The van der Waals surface area contributed by atoms with E-state index < -0.39 is 0 Å². The molecule has 0 aliphatic rings. The summed E-state index contributed by atoms with van der Waals surface area (Å²) in [6.07, 6.45) is 3.68. The molecule has 3 heterocycles. The molecule has 0 spiro atoms. The van der Waals surface area contributed by atoms with Crippen LogP contribution in [-0.4, -0.2) is 14.8 Å². The molecule has 3 aromatic heterocycles. The van der Waals surface area contributed by atoms with Gasteiger partial charge in [0.05, 0.1) is 24.6 Å². The quantitative estimate of drug-likeness (QED) is 0.788. The third-order valence-corrected chi connectivity index (χ3v) is 3.19. The van der Waals surface area contributed by atoms with Crippen molar-refractivity contribution in [2.45, 2.75) is 33.4 Å². The molecule has 1 N–H and O–H groups in total. The Morgan fingerprint density at radius 1 is 1.30 bits per heavy atom. The van der Waals surface area contributed by atoms with Crippen molar-refractivity contribution in [1.29, 1.82) is 0 Å². The number of anilines is 1. The molecule has 0 amide bonds. The van der Waals surface area contributed by atoms with Gasteiger partial charge in [-0.3, -0.25) is 0 Å². The Balaban J connectivity index is 1.79. The first kappa shape index (κ1) is 12.7. The molecular formula is C15H18N4O. The number of furan rings is 1. The molecule has 0 unspecified atom stereocenters. The summed E-state index contributed by atoms with van der Waals surface area (Å²) < 4.78 is 7.45. The Morgan fingerprint density at radius 2 is 2.15 bits per heavy atom. The van der Waals surface area contributed by atoms with Gasteiger partial charge >= 0.3 is 0 Å². The van der Waals surface area contributed by atoms with Crippen LogP contribution in [0.5, 0.6) is 0 Å². The number of pyridine rings is 1. The van der Waals surface area contributed by atoms with Crippen LogP contribution in [0.3, 0.4) is 0 Å². The van der Waals surface area contributed by atoms with Crippen molar-refractivity contribution in [3.63, 3.8) is 0 Å². The lowest BCUT2D eigenvalue weighted by Gasteiger charge is -2.07. The van der Waals surface area contributed by atoms with E-state index in [0.29, 0.717) is 12.6 Å². The number of rotatable bonds is 4. The van der Waals surface area contributed by atoms with Crippen LogP contribution in [0.25, 0.3) is 11.0 Å². The number of aromatic nitrogens is 3.